The van der Waals surface area contributed by atoms with Crippen molar-refractivity contribution in [1.82, 2.24) is 0 Å². The van der Waals surface area contributed by atoms with Gasteiger partial charge in [-0.2, -0.15) is 0 Å². The summed E-state index contributed by atoms with van der Waals surface area (Å²) >= 11 is 0. The van der Waals surface area contributed by atoms with Crippen molar-refractivity contribution in [2.75, 3.05) is 46.8 Å². The molecule has 0 aliphatic rings. The van der Waals surface area contributed by atoms with E-state index in [9.17, 15) is 4.79 Å². The van der Waals surface area contributed by atoms with Crippen LogP contribution in [-0.2, 0) is 23.7 Å². The Kier molecular flexibility index (Phi) is 9.03. The Hall–Kier alpha value is -0.650. The predicted molar refractivity (Wildman–Crippen MR) is 63.9 cm³/mol. The Bertz CT molecular complexity index is 198. The molecule has 0 bridgehead atoms. The Labute approximate surface area is 103 Å². The van der Waals surface area contributed by atoms with E-state index >= 15 is 0 Å². The Morgan fingerprint density at radius 1 is 1.00 bits per heavy atom. The molecule has 0 aromatic rings. The molecule has 102 valence electrons. The second-order valence-electron chi connectivity index (χ2n) is 4.88. The summed E-state index contributed by atoms with van der Waals surface area (Å²) in [6.45, 7) is 8.33. The molecule has 0 radical (unpaired) electrons. The zero-order valence-electron chi connectivity index (χ0n) is 11.3. The number of carbonyl (C=O) groups is 1. The fraction of sp³-hybridized carbons (Fsp3) is 0.917. The summed E-state index contributed by atoms with van der Waals surface area (Å²) in [6, 6.07) is 0. The standard InChI is InChI=1S/C12H24O5/c1-12(2,3)10-17-11(13)9-16-8-7-15-6-5-14-4/h5-10H2,1-4H3. The van der Waals surface area contributed by atoms with E-state index in [0.717, 1.165) is 0 Å². The van der Waals surface area contributed by atoms with Crippen LogP contribution in [0.3, 0.4) is 0 Å². The zero-order chi connectivity index (χ0) is 13.1. The van der Waals surface area contributed by atoms with Gasteiger partial charge in [-0.05, 0) is 5.41 Å². The maximum Gasteiger partial charge on any atom is 0.332 e. The first kappa shape index (κ1) is 16.4. The third kappa shape index (κ3) is 13.3. The van der Waals surface area contributed by atoms with Crippen LogP contribution in [0.5, 0.6) is 0 Å². The lowest BCUT2D eigenvalue weighted by Crippen LogP contribution is -2.22. The first-order valence-corrected chi connectivity index (χ1v) is 5.76. The van der Waals surface area contributed by atoms with Crippen LogP contribution >= 0.6 is 0 Å². The number of carbonyl (C=O) groups excluding carboxylic acids is 1. The summed E-state index contributed by atoms with van der Waals surface area (Å²) in [4.78, 5) is 11.2. The third-order valence-electron chi connectivity index (χ3n) is 1.69. The molecule has 0 aliphatic heterocycles. The first-order chi connectivity index (χ1) is 7.95. The van der Waals surface area contributed by atoms with Crippen LogP contribution in [0.2, 0.25) is 0 Å². The van der Waals surface area contributed by atoms with Gasteiger partial charge in [-0.15, -0.1) is 0 Å². The highest BCUT2D eigenvalue weighted by Crippen LogP contribution is 2.12. The van der Waals surface area contributed by atoms with Crippen LogP contribution < -0.4 is 0 Å². The SMILES string of the molecule is COCCOCCOCC(=O)OCC(C)(C)C. The van der Waals surface area contributed by atoms with Crippen molar-refractivity contribution in [3.63, 3.8) is 0 Å². The lowest BCUT2D eigenvalue weighted by atomic mass is 9.99. The summed E-state index contributed by atoms with van der Waals surface area (Å²) in [5.41, 5.74) is -0.0150. The van der Waals surface area contributed by atoms with E-state index in [1.807, 2.05) is 20.8 Å². The summed E-state index contributed by atoms with van der Waals surface area (Å²) < 4.78 is 20.1. The van der Waals surface area contributed by atoms with Gasteiger partial charge in [0, 0.05) is 7.11 Å². The molecular weight excluding hydrogens is 224 g/mol. The van der Waals surface area contributed by atoms with Gasteiger partial charge in [0.15, 0.2) is 0 Å². The predicted octanol–water partition coefficient (Wildman–Crippen LogP) is 1.26. The van der Waals surface area contributed by atoms with Crippen LogP contribution in [0.25, 0.3) is 0 Å². The molecule has 5 heteroatoms. The molecule has 0 aliphatic carbocycles. The van der Waals surface area contributed by atoms with Gasteiger partial charge in [0.05, 0.1) is 33.0 Å². The highest BCUT2D eigenvalue weighted by molar-refractivity contribution is 5.70. The molecule has 0 N–H and O–H groups in total. The lowest BCUT2D eigenvalue weighted by molar-refractivity contribution is -0.152. The van der Waals surface area contributed by atoms with E-state index in [2.05, 4.69) is 0 Å². The smallest absolute Gasteiger partial charge is 0.332 e. The molecule has 0 rings (SSSR count). The topological polar surface area (TPSA) is 54.0 Å². The monoisotopic (exact) mass is 248 g/mol. The highest BCUT2D eigenvalue weighted by atomic mass is 16.6. The molecule has 0 amide bonds. The molecule has 5 nitrogen and oxygen atoms in total. The van der Waals surface area contributed by atoms with Gasteiger partial charge in [0.25, 0.3) is 0 Å². The molecule has 0 saturated heterocycles. The molecular formula is C12H24O5. The second-order valence-corrected chi connectivity index (χ2v) is 4.88. The van der Waals surface area contributed by atoms with Crippen LogP contribution in [-0.4, -0.2) is 52.7 Å². The number of rotatable bonds is 9. The summed E-state index contributed by atoms with van der Waals surface area (Å²) in [6.07, 6.45) is 0. The second kappa shape index (κ2) is 9.39. The average Bonchev–Trinajstić information content (AvgIpc) is 2.24. The van der Waals surface area contributed by atoms with E-state index in [4.69, 9.17) is 18.9 Å². The van der Waals surface area contributed by atoms with Crippen molar-refractivity contribution < 1.29 is 23.7 Å². The van der Waals surface area contributed by atoms with Gasteiger partial charge in [-0.3, -0.25) is 0 Å². The van der Waals surface area contributed by atoms with Crippen LogP contribution in [0.4, 0.5) is 0 Å². The summed E-state index contributed by atoms with van der Waals surface area (Å²) in [5, 5.41) is 0. The van der Waals surface area contributed by atoms with Gasteiger partial charge in [0.2, 0.25) is 0 Å². The molecule has 0 saturated carbocycles. The van der Waals surface area contributed by atoms with Gasteiger partial charge in [-0.25, -0.2) is 4.79 Å². The molecule has 0 spiro atoms. The summed E-state index contributed by atoms with van der Waals surface area (Å²) in [7, 11) is 1.62. The van der Waals surface area contributed by atoms with Crippen molar-refractivity contribution in [3.8, 4) is 0 Å². The minimum Gasteiger partial charge on any atom is -0.463 e. The maximum absolute atomic E-state index is 11.2. The van der Waals surface area contributed by atoms with Gasteiger partial charge < -0.3 is 18.9 Å². The average molecular weight is 248 g/mol. The van der Waals surface area contributed by atoms with E-state index in [1.54, 1.807) is 7.11 Å². The first-order valence-electron chi connectivity index (χ1n) is 5.76. The van der Waals surface area contributed by atoms with Gasteiger partial charge in [-0.1, -0.05) is 20.8 Å². The third-order valence-corrected chi connectivity index (χ3v) is 1.69. The van der Waals surface area contributed by atoms with E-state index in [-0.39, 0.29) is 18.0 Å². The van der Waals surface area contributed by atoms with E-state index in [1.165, 1.54) is 0 Å². The fourth-order valence-corrected chi connectivity index (χ4v) is 0.856. The minimum absolute atomic E-state index is 0.0150. The fourth-order valence-electron chi connectivity index (χ4n) is 0.856. The molecule has 0 unspecified atom stereocenters. The van der Waals surface area contributed by atoms with Crippen molar-refractivity contribution in [1.29, 1.82) is 0 Å². The summed E-state index contributed by atoms with van der Waals surface area (Å²) in [5.74, 6) is -0.336. The Balaban J connectivity index is 3.28. The highest BCUT2D eigenvalue weighted by Gasteiger charge is 2.13. The maximum atomic E-state index is 11.2. The van der Waals surface area contributed by atoms with Crippen molar-refractivity contribution in [2.45, 2.75) is 20.8 Å². The molecule has 0 aromatic carbocycles. The van der Waals surface area contributed by atoms with E-state index < -0.39 is 0 Å². The molecule has 0 aromatic heterocycles. The molecule has 0 atom stereocenters. The van der Waals surface area contributed by atoms with Crippen LogP contribution in [0.1, 0.15) is 20.8 Å². The number of esters is 1. The zero-order valence-corrected chi connectivity index (χ0v) is 11.3. The number of methoxy groups -OCH3 is 1. The minimum atomic E-state index is -0.336. The van der Waals surface area contributed by atoms with Crippen LogP contribution in [0, 0.1) is 5.41 Å². The molecule has 17 heavy (non-hydrogen) atoms. The van der Waals surface area contributed by atoms with Crippen molar-refractivity contribution in [3.05, 3.63) is 0 Å². The van der Waals surface area contributed by atoms with Crippen molar-refractivity contribution in [2.24, 2.45) is 5.41 Å². The quantitative estimate of drug-likeness (QED) is 0.454. The Morgan fingerprint density at radius 3 is 2.18 bits per heavy atom. The van der Waals surface area contributed by atoms with Gasteiger partial charge >= 0.3 is 5.97 Å². The lowest BCUT2D eigenvalue weighted by Gasteiger charge is -2.17. The molecule has 0 heterocycles. The van der Waals surface area contributed by atoms with Crippen molar-refractivity contribution >= 4 is 5.97 Å². The number of hydrogen-bond donors (Lipinski definition) is 0. The molecule has 0 fully saturated rings. The number of hydrogen-bond acceptors (Lipinski definition) is 5. The number of ether oxygens (including phenoxy) is 4. The van der Waals surface area contributed by atoms with Gasteiger partial charge in [0.1, 0.15) is 6.61 Å². The van der Waals surface area contributed by atoms with Crippen LogP contribution in [0.15, 0.2) is 0 Å². The normalized spacial score (nSPS) is 11.5. The largest absolute Gasteiger partial charge is 0.463 e. The Morgan fingerprint density at radius 2 is 1.59 bits per heavy atom. The van der Waals surface area contributed by atoms with E-state index in [0.29, 0.717) is 33.0 Å².